The van der Waals surface area contributed by atoms with E-state index in [1.54, 1.807) is 6.07 Å². The molecule has 0 aliphatic rings. The number of methoxy groups -OCH3 is 1. The standard InChI is InChI=1S/C24H26O4/c1-13-9-17(10-14(2)22(13)25)21(18-11-15(3)23(26)16(4)12-18)19-7-6-8-20(28-5)24(19)27/h6-12,21,25-27H,1-5H3. The van der Waals surface area contributed by atoms with Crippen molar-refractivity contribution in [3.05, 3.63) is 81.4 Å². The van der Waals surface area contributed by atoms with Crippen LogP contribution in [0.3, 0.4) is 0 Å². The maximum atomic E-state index is 10.8. The number of benzene rings is 3. The smallest absolute Gasteiger partial charge is 0.161 e. The Balaban J connectivity index is 2.33. The average Bonchev–Trinajstić information content (AvgIpc) is 2.65. The van der Waals surface area contributed by atoms with Crippen LogP contribution in [0.2, 0.25) is 0 Å². The van der Waals surface area contributed by atoms with Crippen molar-refractivity contribution in [3.63, 3.8) is 0 Å². The second-order valence-electron chi connectivity index (χ2n) is 7.34. The first-order chi connectivity index (χ1) is 13.2. The Morgan fingerprint density at radius 2 is 1.11 bits per heavy atom. The van der Waals surface area contributed by atoms with Gasteiger partial charge in [0.1, 0.15) is 11.5 Å². The van der Waals surface area contributed by atoms with Crippen molar-refractivity contribution in [2.45, 2.75) is 33.6 Å². The molecule has 0 amide bonds. The molecule has 0 unspecified atom stereocenters. The van der Waals surface area contributed by atoms with Gasteiger partial charge in [-0.05, 0) is 67.1 Å². The van der Waals surface area contributed by atoms with Crippen LogP contribution in [-0.4, -0.2) is 22.4 Å². The Labute approximate surface area is 165 Å². The molecule has 0 radical (unpaired) electrons. The number of para-hydroxylation sites is 1. The summed E-state index contributed by atoms with van der Waals surface area (Å²) in [6.45, 7) is 7.45. The van der Waals surface area contributed by atoms with E-state index in [2.05, 4.69) is 0 Å². The van der Waals surface area contributed by atoms with Crippen molar-refractivity contribution in [1.29, 1.82) is 0 Å². The third-order valence-electron chi connectivity index (χ3n) is 5.25. The third-order valence-corrected chi connectivity index (χ3v) is 5.25. The minimum absolute atomic E-state index is 0.0850. The molecule has 3 rings (SSSR count). The Morgan fingerprint density at radius 1 is 0.679 bits per heavy atom. The van der Waals surface area contributed by atoms with Crippen LogP contribution >= 0.6 is 0 Å². The fourth-order valence-corrected chi connectivity index (χ4v) is 3.80. The average molecular weight is 378 g/mol. The molecule has 3 aromatic carbocycles. The number of hydrogen-bond donors (Lipinski definition) is 3. The van der Waals surface area contributed by atoms with E-state index in [-0.39, 0.29) is 23.2 Å². The number of phenols is 3. The number of phenolic OH excluding ortho intramolecular Hbond substituents is 3. The van der Waals surface area contributed by atoms with Crippen LogP contribution in [0.4, 0.5) is 0 Å². The molecule has 0 spiro atoms. The van der Waals surface area contributed by atoms with Gasteiger partial charge in [0.25, 0.3) is 0 Å². The van der Waals surface area contributed by atoms with Gasteiger partial charge in [-0.3, -0.25) is 0 Å². The summed E-state index contributed by atoms with van der Waals surface area (Å²) in [4.78, 5) is 0. The van der Waals surface area contributed by atoms with Crippen LogP contribution in [-0.2, 0) is 0 Å². The van der Waals surface area contributed by atoms with Gasteiger partial charge in [0.2, 0.25) is 0 Å². The molecule has 3 N–H and O–H groups in total. The van der Waals surface area contributed by atoms with E-state index in [9.17, 15) is 15.3 Å². The monoisotopic (exact) mass is 378 g/mol. The second-order valence-corrected chi connectivity index (χ2v) is 7.34. The SMILES string of the molecule is COc1cccc(C(c2cc(C)c(O)c(C)c2)c2cc(C)c(O)c(C)c2)c1O. The van der Waals surface area contributed by atoms with E-state index in [4.69, 9.17) is 4.74 Å². The summed E-state index contributed by atoms with van der Waals surface area (Å²) in [5.74, 6) is 0.751. The highest BCUT2D eigenvalue weighted by Gasteiger charge is 2.24. The molecular formula is C24H26O4. The fourth-order valence-electron chi connectivity index (χ4n) is 3.80. The molecular weight excluding hydrogens is 352 g/mol. The number of aryl methyl sites for hydroxylation is 4. The summed E-state index contributed by atoms with van der Waals surface area (Å²) >= 11 is 0. The van der Waals surface area contributed by atoms with E-state index >= 15 is 0 Å². The van der Waals surface area contributed by atoms with Gasteiger partial charge < -0.3 is 20.1 Å². The predicted octanol–water partition coefficient (Wildman–Crippen LogP) is 5.23. The Kier molecular flexibility index (Phi) is 5.23. The normalized spacial score (nSPS) is 11.1. The molecule has 4 heteroatoms. The number of ether oxygens (including phenoxy) is 1. The van der Waals surface area contributed by atoms with Gasteiger partial charge in [-0.25, -0.2) is 0 Å². The predicted molar refractivity (Wildman–Crippen MR) is 111 cm³/mol. The van der Waals surface area contributed by atoms with Crippen LogP contribution in [0.25, 0.3) is 0 Å². The van der Waals surface area contributed by atoms with Gasteiger partial charge in [-0.2, -0.15) is 0 Å². The topological polar surface area (TPSA) is 69.9 Å². The van der Waals surface area contributed by atoms with Crippen molar-refractivity contribution in [1.82, 2.24) is 0 Å². The molecule has 0 heterocycles. The summed E-state index contributed by atoms with van der Waals surface area (Å²) in [5.41, 5.74) is 5.68. The first-order valence-electron chi connectivity index (χ1n) is 9.20. The van der Waals surface area contributed by atoms with Gasteiger partial charge >= 0.3 is 0 Å². The molecule has 0 bridgehead atoms. The van der Waals surface area contributed by atoms with Crippen molar-refractivity contribution in [2.75, 3.05) is 7.11 Å². The highest BCUT2D eigenvalue weighted by Crippen LogP contribution is 2.43. The highest BCUT2D eigenvalue weighted by atomic mass is 16.5. The molecule has 0 fully saturated rings. The maximum absolute atomic E-state index is 10.8. The van der Waals surface area contributed by atoms with Gasteiger partial charge in [0, 0.05) is 11.5 Å². The van der Waals surface area contributed by atoms with E-state index in [0.29, 0.717) is 11.3 Å². The summed E-state index contributed by atoms with van der Waals surface area (Å²) in [7, 11) is 1.53. The van der Waals surface area contributed by atoms with E-state index in [1.165, 1.54) is 7.11 Å². The maximum Gasteiger partial charge on any atom is 0.161 e. The largest absolute Gasteiger partial charge is 0.507 e. The zero-order chi connectivity index (χ0) is 20.6. The lowest BCUT2D eigenvalue weighted by Crippen LogP contribution is -2.06. The molecule has 4 nitrogen and oxygen atoms in total. The number of rotatable bonds is 4. The lowest BCUT2D eigenvalue weighted by atomic mass is 9.82. The van der Waals surface area contributed by atoms with Crippen molar-refractivity contribution >= 4 is 0 Å². The summed E-state index contributed by atoms with van der Waals surface area (Å²) < 4.78 is 5.31. The summed E-state index contributed by atoms with van der Waals surface area (Å²) in [5, 5.41) is 31.3. The van der Waals surface area contributed by atoms with Gasteiger partial charge in [0.05, 0.1) is 7.11 Å². The zero-order valence-corrected chi connectivity index (χ0v) is 16.9. The summed E-state index contributed by atoms with van der Waals surface area (Å²) in [6.07, 6.45) is 0. The lowest BCUT2D eigenvalue weighted by molar-refractivity contribution is 0.370. The number of aromatic hydroxyl groups is 3. The second kappa shape index (κ2) is 7.47. The molecule has 0 atom stereocenters. The molecule has 0 aliphatic heterocycles. The third kappa shape index (κ3) is 3.38. The van der Waals surface area contributed by atoms with Gasteiger partial charge in [-0.15, -0.1) is 0 Å². The molecule has 0 aromatic heterocycles. The number of hydrogen-bond acceptors (Lipinski definition) is 4. The Bertz CT molecular complexity index is 933. The van der Waals surface area contributed by atoms with Crippen molar-refractivity contribution in [3.8, 4) is 23.0 Å². The van der Waals surface area contributed by atoms with Crippen LogP contribution < -0.4 is 4.74 Å². The molecule has 0 saturated heterocycles. The molecule has 146 valence electrons. The molecule has 3 aromatic rings. The zero-order valence-electron chi connectivity index (χ0n) is 16.9. The molecule has 0 saturated carbocycles. The minimum atomic E-state index is -0.286. The quantitative estimate of drug-likeness (QED) is 0.544. The van der Waals surface area contributed by atoms with Crippen LogP contribution in [0.5, 0.6) is 23.0 Å². The molecule has 0 aliphatic carbocycles. The van der Waals surface area contributed by atoms with Crippen LogP contribution in [0, 0.1) is 27.7 Å². The Morgan fingerprint density at radius 3 is 1.50 bits per heavy atom. The van der Waals surface area contributed by atoms with E-state index < -0.39 is 0 Å². The lowest BCUT2D eigenvalue weighted by Gasteiger charge is -2.23. The van der Waals surface area contributed by atoms with Crippen molar-refractivity contribution in [2.24, 2.45) is 0 Å². The van der Waals surface area contributed by atoms with E-state index in [1.807, 2.05) is 64.1 Å². The summed E-state index contributed by atoms with van der Waals surface area (Å²) in [6, 6.07) is 13.2. The Hall–Kier alpha value is -3.14. The molecule has 28 heavy (non-hydrogen) atoms. The fraction of sp³-hybridized carbons (Fsp3) is 0.250. The van der Waals surface area contributed by atoms with Gasteiger partial charge in [0.15, 0.2) is 11.5 Å². The first-order valence-corrected chi connectivity index (χ1v) is 9.20. The van der Waals surface area contributed by atoms with Crippen LogP contribution in [0.1, 0.15) is 44.9 Å². The van der Waals surface area contributed by atoms with Gasteiger partial charge in [-0.1, -0.05) is 36.4 Å². The van der Waals surface area contributed by atoms with Crippen molar-refractivity contribution < 1.29 is 20.1 Å². The van der Waals surface area contributed by atoms with Crippen LogP contribution in [0.15, 0.2) is 42.5 Å². The first kappa shape index (κ1) is 19.6. The van der Waals surface area contributed by atoms with E-state index in [0.717, 1.165) is 33.4 Å². The minimum Gasteiger partial charge on any atom is -0.507 e. The highest BCUT2D eigenvalue weighted by molar-refractivity contribution is 5.58.